The van der Waals surface area contributed by atoms with Gasteiger partial charge in [-0.1, -0.05) is 24.6 Å². The molecule has 1 amide bonds. The van der Waals surface area contributed by atoms with Crippen molar-refractivity contribution in [2.45, 2.75) is 32.2 Å². The predicted octanol–water partition coefficient (Wildman–Crippen LogP) is 2.18. The Bertz CT molecular complexity index is 694. The van der Waals surface area contributed by atoms with Crippen LogP contribution in [0.4, 0.5) is 0 Å². The SMILES string of the molecule is NCC1(C(=O)N2CCc3[nH]c4ccccc4c3C2)CCC1. The lowest BCUT2D eigenvalue weighted by Gasteiger charge is -2.43. The van der Waals surface area contributed by atoms with Gasteiger partial charge in [0, 0.05) is 48.2 Å². The van der Waals surface area contributed by atoms with E-state index in [1.165, 1.54) is 22.2 Å². The quantitative estimate of drug-likeness (QED) is 0.887. The number of carbonyl (C=O) groups excluding carboxylic acids is 1. The van der Waals surface area contributed by atoms with Crippen LogP contribution in [0.15, 0.2) is 24.3 Å². The van der Waals surface area contributed by atoms with Gasteiger partial charge in [-0.15, -0.1) is 0 Å². The Balaban J connectivity index is 1.65. The Labute approximate surface area is 124 Å². The maximum absolute atomic E-state index is 12.8. The van der Waals surface area contributed by atoms with Gasteiger partial charge in [-0.3, -0.25) is 4.79 Å². The Morgan fingerprint density at radius 2 is 2.14 bits per heavy atom. The monoisotopic (exact) mass is 283 g/mol. The smallest absolute Gasteiger partial charge is 0.230 e. The average Bonchev–Trinajstić information content (AvgIpc) is 2.84. The van der Waals surface area contributed by atoms with Crippen LogP contribution >= 0.6 is 0 Å². The molecule has 1 saturated carbocycles. The van der Waals surface area contributed by atoms with E-state index in [-0.39, 0.29) is 11.3 Å². The van der Waals surface area contributed by atoms with Crippen LogP contribution in [0.2, 0.25) is 0 Å². The van der Waals surface area contributed by atoms with E-state index in [2.05, 4.69) is 23.2 Å². The summed E-state index contributed by atoms with van der Waals surface area (Å²) >= 11 is 0. The molecule has 21 heavy (non-hydrogen) atoms. The van der Waals surface area contributed by atoms with Crippen molar-refractivity contribution in [1.82, 2.24) is 9.88 Å². The van der Waals surface area contributed by atoms with Crippen molar-refractivity contribution >= 4 is 16.8 Å². The summed E-state index contributed by atoms with van der Waals surface area (Å²) in [6, 6.07) is 8.35. The number of nitrogens with one attached hydrogen (secondary N) is 1. The first-order chi connectivity index (χ1) is 10.2. The number of hydrogen-bond donors (Lipinski definition) is 2. The number of aromatic amines is 1. The third-order valence-electron chi connectivity index (χ3n) is 5.33. The van der Waals surface area contributed by atoms with Crippen LogP contribution in [-0.4, -0.2) is 28.9 Å². The standard InChI is InChI=1S/C17H21N3O/c18-11-17(7-3-8-17)16(21)20-9-6-15-13(10-20)12-4-1-2-5-14(12)19-15/h1-2,4-5,19H,3,6-11,18H2. The lowest BCUT2D eigenvalue weighted by Crippen LogP contribution is -2.52. The lowest BCUT2D eigenvalue weighted by atomic mass is 9.67. The average molecular weight is 283 g/mol. The van der Waals surface area contributed by atoms with Crippen molar-refractivity contribution in [3.8, 4) is 0 Å². The highest BCUT2D eigenvalue weighted by atomic mass is 16.2. The molecule has 110 valence electrons. The van der Waals surface area contributed by atoms with Crippen molar-refractivity contribution in [3.63, 3.8) is 0 Å². The van der Waals surface area contributed by atoms with Crippen molar-refractivity contribution in [2.75, 3.05) is 13.1 Å². The van der Waals surface area contributed by atoms with Gasteiger partial charge in [0.15, 0.2) is 0 Å². The second-order valence-corrected chi connectivity index (χ2v) is 6.44. The number of benzene rings is 1. The number of nitrogens with two attached hydrogens (primary N) is 1. The molecule has 2 aromatic rings. The van der Waals surface area contributed by atoms with Gasteiger partial charge in [0.25, 0.3) is 0 Å². The fraction of sp³-hybridized carbons (Fsp3) is 0.471. The van der Waals surface area contributed by atoms with Crippen LogP contribution in [-0.2, 0) is 17.8 Å². The van der Waals surface area contributed by atoms with Gasteiger partial charge in [-0.2, -0.15) is 0 Å². The molecule has 3 N–H and O–H groups in total. The summed E-state index contributed by atoms with van der Waals surface area (Å²) < 4.78 is 0. The molecule has 2 aliphatic rings. The van der Waals surface area contributed by atoms with Crippen LogP contribution in [0, 0.1) is 5.41 Å². The minimum Gasteiger partial charge on any atom is -0.358 e. The number of carbonyl (C=O) groups is 1. The van der Waals surface area contributed by atoms with Gasteiger partial charge in [0.05, 0.1) is 5.41 Å². The fourth-order valence-corrected chi connectivity index (χ4v) is 3.78. The molecule has 1 fully saturated rings. The zero-order chi connectivity index (χ0) is 14.4. The second-order valence-electron chi connectivity index (χ2n) is 6.44. The molecule has 4 nitrogen and oxygen atoms in total. The third-order valence-corrected chi connectivity index (χ3v) is 5.33. The number of aromatic nitrogens is 1. The van der Waals surface area contributed by atoms with E-state index in [0.717, 1.165) is 38.8 Å². The number of fused-ring (bicyclic) bond motifs is 3. The predicted molar refractivity (Wildman–Crippen MR) is 82.8 cm³/mol. The molecule has 1 aromatic heterocycles. The Hall–Kier alpha value is -1.81. The summed E-state index contributed by atoms with van der Waals surface area (Å²) in [5.41, 5.74) is 9.38. The third kappa shape index (κ3) is 1.82. The van der Waals surface area contributed by atoms with E-state index in [9.17, 15) is 4.79 Å². The first kappa shape index (κ1) is 12.9. The molecule has 1 aliphatic heterocycles. The van der Waals surface area contributed by atoms with E-state index in [0.29, 0.717) is 6.54 Å². The maximum atomic E-state index is 12.8. The normalized spacial score (nSPS) is 20.1. The van der Waals surface area contributed by atoms with Crippen molar-refractivity contribution < 1.29 is 4.79 Å². The van der Waals surface area contributed by atoms with Gasteiger partial charge in [-0.25, -0.2) is 0 Å². The highest BCUT2D eigenvalue weighted by Crippen LogP contribution is 2.42. The van der Waals surface area contributed by atoms with Gasteiger partial charge in [-0.05, 0) is 18.9 Å². The molecule has 0 atom stereocenters. The van der Waals surface area contributed by atoms with E-state index in [1.807, 2.05) is 11.0 Å². The zero-order valence-corrected chi connectivity index (χ0v) is 12.2. The maximum Gasteiger partial charge on any atom is 0.230 e. The van der Waals surface area contributed by atoms with Crippen LogP contribution in [0.1, 0.15) is 30.5 Å². The summed E-state index contributed by atoms with van der Waals surface area (Å²) in [7, 11) is 0. The molecule has 4 heteroatoms. The van der Waals surface area contributed by atoms with Gasteiger partial charge >= 0.3 is 0 Å². The summed E-state index contributed by atoms with van der Waals surface area (Å²) in [6.07, 6.45) is 3.96. The number of rotatable bonds is 2. The van der Waals surface area contributed by atoms with Gasteiger partial charge in [0.1, 0.15) is 0 Å². The molecule has 0 spiro atoms. The van der Waals surface area contributed by atoms with E-state index in [4.69, 9.17) is 5.73 Å². The Morgan fingerprint density at radius 3 is 2.86 bits per heavy atom. The number of H-pyrrole nitrogens is 1. The molecular formula is C17H21N3O. The zero-order valence-electron chi connectivity index (χ0n) is 12.2. The summed E-state index contributed by atoms with van der Waals surface area (Å²) in [5.74, 6) is 0.271. The number of amides is 1. The highest BCUT2D eigenvalue weighted by Gasteiger charge is 2.45. The molecule has 1 aromatic carbocycles. The van der Waals surface area contributed by atoms with E-state index >= 15 is 0 Å². The topological polar surface area (TPSA) is 62.1 Å². The summed E-state index contributed by atoms with van der Waals surface area (Å²) in [5, 5.41) is 1.25. The van der Waals surface area contributed by atoms with E-state index < -0.39 is 0 Å². The van der Waals surface area contributed by atoms with E-state index in [1.54, 1.807) is 0 Å². The highest BCUT2D eigenvalue weighted by molar-refractivity contribution is 5.87. The minimum absolute atomic E-state index is 0.260. The van der Waals surface area contributed by atoms with Gasteiger partial charge < -0.3 is 15.6 Å². The van der Waals surface area contributed by atoms with Crippen molar-refractivity contribution in [3.05, 3.63) is 35.5 Å². The van der Waals surface area contributed by atoms with Crippen molar-refractivity contribution in [1.29, 1.82) is 0 Å². The lowest BCUT2D eigenvalue weighted by molar-refractivity contribution is -0.147. The van der Waals surface area contributed by atoms with Crippen molar-refractivity contribution in [2.24, 2.45) is 11.1 Å². The molecule has 2 heterocycles. The molecule has 0 saturated heterocycles. The first-order valence-corrected chi connectivity index (χ1v) is 7.81. The molecule has 0 bridgehead atoms. The van der Waals surface area contributed by atoms with Crippen LogP contribution in [0.3, 0.4) is 0 Å². The van der Waals surface area contributed by atoms with Gasteiger partial charge in [0.2, 0.25) is 5.91 Å². The fourth-order valence-electron chi connectivity index (χ4n) is 3.78. The summed E-state index contributed by atoms with van der Waals surface area (Å²) in [4.78, 5) is 18.4. The minimum atomic E-state index is -0.260. The molecular weight excluding hydrogens is 262 g/mol. The molecule has 4 rings (SSSR count). The van der Waals surface area contributed by atoms with Crippen LogP contribution in [0.25, 0.3) is 10.9 Å². The largest absolute Gasteiger partial charge is 0.358 e. The van der Waals surface area contributed by atoms with Crippen LogP contribution < -0.4 is 5.73 Å². The summed E-state index contributed by atoms with van der Waals surface area (Å²) in [6.45, 7) is 2.02. The molecule has 1 aliphatic carbocycles. The molecule has 0 radical (unpaired) electrons. The van der Waals surface area contributed by atoms with Crippen LogP contribution in [0.5, 0.6) is 0 Å². The number of nitrogens with zero attached hydrogens (tertiary/aromatic N) is 1. The Kier molecular flexibility index (Phi) is 2.82. The first-order valence-electron chi connectivity index (χ1n) is 7.81. The Morgan fingerprint density at radius 1 is 1.33 bits per heavy atom. The molecule has 0 unspecified atom stereocenters. The number of para-hydroxylation sites is 1. The second kappa shape index (κ2) is 4.60. The number of hydrogen-bond acceptors (Lipinski definition) is 2.